The van der Waals surface area contributed by atoms with Crippen molar-refractivity contribution in [1.82, 2.24) is 9.80 Å². The summed E-state index contributed by atoms with van der Waals surface area (Å²) in [5, 5.41) is 10.0. The van der Waals surface area contributed by atoms with Crippen molar-refractivity contribution in [1.29, 1.82) is 0 Å². The summed E-state index contributed by atoms with van der Waals surface area (Å²) < 4.78 is 0. The summed E-state index contributed by atoms with van der Waals surface area (Å²) >= 11 is 0. The Hall–Kier alpha value is -0.610. The molecule has 2 saturated heterocycles. The molecule has 1 atom stereocenters. The van der Waals surface area contributed by atoms with Gasteiger partial charge in [0.2, 0.25) is 5.91 Å². The molecule has 0 aromatic carbocycles. The number of hydrogen-bond acceptors (Lipinski definition) is 3. The monoisotopic (exact) mass is 254 g/mol. The van der Waals surface area contributed by atoms with Crippen LogP contribution in [0, 0.1) is 5.92 Å². The highest BCUT2D eigenvalue weighted by molar-refractivity contribution is 5.78. The molecule has 0 radical (unpaired) electrons. The number of nitrogens with zero attached hydrogens (tertiary/aromatic N) is 2. The maximum Gasteiger partial charge on any atom is 0.236 e. The Bertz CT molecular complexity index is 296. The minimum Gasteiger partial charge on any atom is -0.389 e. The van der Waals surface area contributed by atoms with Gasteiger partial charge < -0.3 is 10.0 Å². The summed E-state index contributed by atoms with van der Waals surface area (Å²) in [4.78, 5) is 16.3. The lowest BCUT2D eigenvalue weighted by Crippen LogP contribution is -2.50. The quantitative estimate of drug-likeness (QED) is 0.802. The molecule has 1 unspecified atom stereocenters. The maximum atomic E-state index is 12.2. The highest BCUT2D eigenvalue weighted by Gasteiger charge is 2.30. The topological polar surface area (TPSA) is 43.8 Å². The molecule has 0 aliphatic carbocycles. The van der Waals surface area contributed by atoms with Crippen molar-refractivity contribution in [2.75, 3.05) is 32.7 Å². The number of aliphatic hydroxyl groups is 1. The molecule has 2 heterocycles. The smallest absolute Gasteiger partial charge is 0.236 e. The van der Waals surface area contributed by atoms with E-state index in [0.717, 1.165) is 51.2 Å². The van der Waals surface area contributed by atoms with Gasteiger partial charge in [0.15, 0.2) is 0 Å². The van der Waals surface area contributed by atoms with Crippen LogP contribution >= 0.6 is 0 Å². The van der Waals surface area contributed by atoms with Gasteiger partial charge in [-0.25, -0.2) is 0 Å². The number of β-amino-alcohol motifs (C(OH)–C–C–N with tert-alkyl or cyclic N) is 1. The molecular formula is C14H26N2O2. The molecule has 0 bridgehead atoms. The fraction of sp³-hybridized carbons (Fsp3) is 0.929. The van der Waals surface area contributed by atoms with E-state index >= 15 is 0 Å². The number of likely N-dealkylation sites (tertiary alicyclic amines) is 2. The second-order valence-corrected chi connectivity index (χ2v) is 6.37. The second-order valence-electron chi connectivity index (χ2n) is 6.37. The summed E-state index contributed by atoms with van der Waals surface area (Å²) in [6, 6.07) is 0. The van der Waals surface area contributed by atoms with E-state index in [1.54, 1.807) is 0 Å². The summed E-state index contributed by atoms with van der Waals surface area (Å²) in [6.45, 7) is 7.98. The highest BCUT2D eigenvalue weighted by atomic mass is 16.3. The molecule has 0 aromatic rings. The van der Waals surface area contributed by atoms with E-state index < -0.39 is 5.60 Å². The van der Waals surface area contributed by atoms with Crippen molar-refractivity contribution in [3.8, 4) is 0 Å². The minimum atomic E-state index is -0.616. The molecule has 0 spiro atoms. The Labute approximate surface area is 110 Å². The van der Waals surface area contributed by atoms with Gasteiger partial charge in [-0.2, -0.15) is 0 Å². The van der Waals surface area contributed by atoms with Crippen molar-refractivity contribution < 1.29 is 9.90 Å². The molecule has 4 heteroatoms. The van der Waals surface area contributed by atoms with E-state index in [2.05, 4.69) is 11.8 Å². The average molecular weight is 254 g/mol. The first-order valence-corrected chi connectivity index (χ1v) is 7.19. The second kappa shape index (κ2) is 5.57. The molecule has 2 rings (SSSR count). The van der Waals surface area contributed by atoms with Crippen LogP contribution in [0.3, 0.4) is 0 Å². The van der Waals surface area contributed by atoms with E-state index in [9.17, 15) is 9.90 Å². The Morgan fingerprint density at radius 2 is 2.00 bits per heavy atom. The molecule has 18 heavy (non-hydrogen) atoms. The van der Waals surface area contributed by atoms with Crippen molar-refractivity contribution in [2.45, 2.75) is 45.1 Å². The molecule has 2 fully saturated rings. The van der Waals surface area contributed by atoms with Crippen molar-refractivity contribution >= 4 is 5.91 Å². The predicted octanol–water partition coefficient (Wildman–Crippen LogP) is 1.09. The first kappa shape index (κ1) is 13.8. The van der Waals surface area contributed by atoms with Crippen LogP contribution < -0.4 is 0 Å². The zero-order valence-electron chi connectivity index (χ0n) is 11.7. The van der Waals surface area contributed by atoms with E-state index in [1.165, 1.54) is 0 Å². The van der Waals surface area contributed by atoms with Crippen LogP contribution in [0.15, 0.2) is 0 Å². The third-order valence-corrected chi connectivity index (χ3v) is 4.25. The Morgan fingerprint density at radius 1 is 1.33 bits per heavy atom. The van der Waals surface area contributed by atoms with Gasteiger partial charge in [-0.3, -0.25) is 9.69 Å². The van der Waals surface area contributed by atoms with E-state index in [1.807, 2.05) is 11.8 Å². The van der Waals surface area contributed by atoms with Crippen LogP contribution in [-0.2, 0) is 4.79 Å². The van der Waals surface area contributed by atoms with Gasteiger partial charge in [0, 0.05) is 19.6 Å². The van der Waals surface area contributed by atoms with Gasteiger partial charge in [0.1, 0.15) is 0 Å². The molecule has 4 nitrogen and oxygen atoms in total. The van der Waals surface area contributed by atoms with Crippen LogP contribution in [0.25, 0.3) is 0 Å². The number of hydrogen-bond donors (Lipinski definition) is 1. The van der Waals surface area contributed by atoms with Crippen LogP contribution in [0.4, 0.5) is 0 Å². The minimum absolute atomic E-state index is 0.236. The predicted molar refractivity (Wildman–Crippen MR) is 71.3 cm³/mol. The number of amides is 1. The van der Waals surface area contributed by atoms with Gasteiger partial charge >= 0.3 is 0 Å². The number of carbonyl (C=O) groups excluding carboxylic acids is 1. The SMILES string of the molecule is CC1CCN(C(=O)CN2CCCC(C)(O)C2)CC1. The van der Waals surface area contributed by atoms with Crippen LogP contribution in [0.5, 0.6) is 0 Å². The number of rotatable bonds is 2. The number of carbonyl (C=O) groups is 1. The molecule has 1 N–H and O–H groups in total. The van der Waals surface area contributed by atoms with Crippen LogP contribution in [0.1, 0.15) is 39.5 Å². The standard InChI is InChI=1S/C14H26N2O2/c1-12-4-8-16(9-5-12)13(17)10-15-7-3-6-14(2,18)11-15/h12,18H,3-11H2,1-2H3. The third-order valence-electron chi connectivity index (χ3n) is 4.25. The lowest BCUT2D eigenvalue weighted by atomic mass is 9.95. The number of piperidine rings is 2. The first-order valence-electron chi connectivity index (χ1n) is 7.19. The molecule has 2 aliphatic heterocycles. The van der Waals surface area contributed by atoms with Crippen LogP contribution in [-0.4, -0.2) is 59.1 Å². The van der Waals surface area contributed by atoms with Gasteiger partial charge in [-0.05, 0) is 45.1 Å². The molecule has 104 valence electrons. The molecule has 0 aromatic heterocycles. The average Bonchev–Trinajstić information content (AvgIpc) is 2.28. The van der Waals surface area contributed by atoms with Gasteiger partial charge in [0.05, 0.1) is 12.1 Å². The maximum absolute atomic E-state index is 12.2. The molecule has 0 saturated carbocycles. The first-order chi connectivity index (χ1) is 8.46. The zero-order chi connectivity index (χ0) is 13.2. The fourth-order valence-corrected chi connectivity index (χ4v) is 3.01. The Morgan fingerprint density at radius 3 is 2.61 bits per heavy atom. The van der Waals surface area contributed by atoms with Crippen molar-refractivity contribution in [2.24, 2.45) is 5.92 Å². The highest BCUT2D eigenvalue weighted by Crippen LogP contribution is 2.21. The lowest BCUT2D eigenvalue weighted by Gasteiger charge is -2.38. The fourth-order valence-electron chi connectivity index (χ4n) is 3.01. The zero-order valence-corrected chi connectivity index (χ0v) is 11.7. The summed E-state index contributed by atoms with van der Waals surface area (Å²) in [5.74, 6) is 0.990. The Balaban J connectivity index is 1.80. The van der Waals surface area contributed by atoms with Crippen molar-refractivity contribution in [3.05, 3.63) is 0 Å². The summed E-state index contributed by atoms with van der Waals surface area (Å²) in [6.07, 6.45) is 4.09. The van der Waals surface area contributed by atoms with E-state index in [4.69, 9.17) is 0 Å². The third kappa shape index (κ3) is 3.69. The lowest BCUT2D eigenvalue weighted by molar-refractivity contribution is -0.135. The normalized spacial score (nSPS) is 31.6. The van der Waals surface area contributed by atoms with E-state index in [0.29, 0.717) is 13.1 Å². The van der Waals surface area contributed by atoms with Crippen molar-refractivity contribution in [3.63, 3.8) is 0 Å². The van der Waals surface area contributed by atoms with Gasteiger partial charge in [-0.1, -0.05) is 6.92 Å². The Kier molecular flexibility index (Phi) is 4.28. The van der Waals surface area contributed by atoms with Gasteiger partial charge in [0.25, 0.3) is 0 Å². The molecule has 2 aliphatic rings. The molecular weight excluding hydrogens is 228 g/mol. The summed E-state index contributed by atoms with van der Waals surface area (Å²) in [5.41, 5.74) is -0.616. The van der Waals surface area contributed by atoms with Gasteiger partial charge in [-0.15, -0.1) is 0 Å². The van der Waals surface area contributed by atoms with Crippen LogP contribution in [0.2, 0.25) is 0 Å². The summed E-state index contributed by atoms with van der Waals surface area (Å²) in [7, 11) is 0. The molecule has 1 amide bonds. The van der Waals surface area contributed by atoms with E-state index in [-0.39, 0.29) is 5.91 Å². The largest absolute Gasteiger partial charge is 0.389 e.